The topological polar surface area (TPSA) is 17.3 Å². The lowest BCUT2D eigenvalue weighted by molar-refractivity contribution is 0.628. The third-order valence-corrected chi connectivity index (χ3v) is 2.76. The van der Waals surface area contributed by atoms with E-state index in [1.54, 1.807) is 12.1 Å². The Kier molecular flexibility index (Phi) is 2.18. The molecule has 2 aromatic heterocycles. The van der Waals surface area contributed by atoms with Crippen molar-refractivity contribution in [3.8, 4) is 11.1 Å². The fraction of sp³-hybridized carbons (Fsp3) is 0.0714. The van der Waals surface area contributed by atoms with Crippen molar-refractivity contribution in [2.75, 3.05) is 0 Å². The Bertz CT molecular complexity index is 668. The van der Waals surface area contributed by atoms with Gasteiger partial charge in [-0.3, -0.25) is 0 Å². The minimum Gasteiger partial charge on any atom is -0.307 e. The van der Waals surface area contributed by atoms with Gasteiger partial charge in [0.25, 0.3) is 0 Å². The molecule has 0 unspecified atom stereocenters. The first-order valence-corrected chi connectivity index (χ1v) is 5.44. The van der Waals surface area contributed by atoms with Crippen LogP contribution in [0.1, 0.15) is 5.69 Å². The van der Waals surface area contributed by atoms with Crippen LogP contribution < -0.4 is 0 Å². The van der Waals surface area contributed by atoms with Crippen molar-refractivity contribution >= 4 is 5.65 Å². The van der Waals surface area contributed by atoms with E-state index in [-0.39, 0.29) is 5.82 Å². The largest absolute Gasteiger partial charge is 0.307 e. The predicted molar refractivity (Wildman–Crippen MR) is 65.3 cm³/mol. The average molecular weight is 226 g/mol. The predicted octanol–water partition coefficient (Wildman–Crippen LogP) is 3.45. The Morgan fingerprint density at radius 2 is 1.82 bits per heavy atom. The molecule has 3 rings (SSSR count). The number of halogens is 1. The summed E-state index contributed by atoms with van der Waals surface area (Å²) in [5.74, 6) is -0.216. The molecule has 17 heavy (non-hydrogen) atoms. The van der Waals surface area contributed by atoms with Gasteiger partial charge in [-0.15, -0.1) is 0 Å². The van der Waals surface area contributed by atoms with Crippen LogP contribution in [-0.4, -0.2) is 9.38 Å². The van der Waals surface area contributed by atoms with Crippen molar-refractivity contribution in [2.45, 2.75) is 6.92 Å². The van der Waals surface area contributed by atoms with E-state index in [9.17, 15) is 4.39 Å². The van der Waals surface area contributed by atoms with Crippen molar-refractivity contribution < 1.29 is 4.39 Å². The van der Waals surface area contributed by atoms with E-state index >= 15 is 0 Å². The Balaban J connectivity index is 2.13. The molecule has 0 fully saturated rings. The molecule has 0 saturated carbocycles. The number of aryl methyl sites for hydroxylation is 1. The molecule has 0 radical (unpaired) electrons. The van der Waals surface area contributed by atoms with E-state index < -0.39 is 0 Å². The summed E-state index contributed by atoms with van der Waals surface area (Å²) < 4.78 is 14.8. The lowest BCUT2D eigenvalue weighted by Gasteiger charge is -2.02. The summed E-state index contributed by atoms with van der Waals surface area (Å²) in [5.41, 5.74) is 3.93. The molecule has 0 spiro atoms. The molecule has 3 aromatic rings. The van der Waals surface area contributed by atoms with Gasteiger partial charge in [0.05, 0.1) is 5.69 Å². The first-order valence-electron chi connectivity index (χ1n) is 5.44. The first kappa shape index (κ1) is 10.0. The zero-order valence-corrected chi connectivity index (χ0v) is 9.39. The number of benzene rings is 1. The fourth-order valence-electron chi connectivity index (χ4n) is 1.93. The second-order valence-electron chi connectivity index (χ2n) is 4.07. The SMILES string of the molecule is Cc1cn2ccc(-c3ccc(F)cc3)cc2n1. The highest BCUT2D eigenvalue weighted by Gasteiger charge is 2.02. The van der Waals surface area contributed by atoms with Crippen LogP contribution in [0.15, 0.2) is 48.8 Å². The third-order valence-electron chi connectivity index (χ3n) is 2.76. The van der Waals surface area contributed by atoms with Gasteiger partial charge >= 0.3 is 0 Å². The van der Waals surface area contributed by atoms with Crippen LogP contribution in [-0.2, 0) is 0 Å². The van der Waals surface area contributed by atoms with E-state index in [1.807, 2.05) is 35.9 Å². The summed E-state index contributed by atoms with van der Waals surface area (Å²) in [7, 11) is 0. The number of pyridine rings is 1. The molecule has 3 heteroatoms. The minimum atomic E-state index is -0.216. The van der Waals surface area contributed by atoms with Gasteiger partial charge in [-0.25, -0.2) is 9.37 Å². The number of nitrogens with zero attached hydrogens (tertiary/aromatic N) is 2. The van der Waals surface area contributed by atoms with Gasteiger partial charge in [0.1, 0.15) is 11.5 Å². The van der Waals surface area contributed by atoms with Gasteiger partial charge in [0, 0.05) is 12.4 Å². The normalized spacial score (nSPS) is 10.9. The molecule has 0 aliphatic heterocycles. The van der Waals surface area contributed by atoms with Crippen molar-refractivity contribution in [3.05, 3.63) is 60.3 Å². The molecule has 2 nitrogen and oxygen atoms in total. The van der Waals surface area contributed by atoms with Crippen molar-refractivity contribution in [1.29, 1.82) is 0 Å². The van der Waals surface area contributed by atoms with Crippen molar-refractivity contribution in [3.63, 3.8) is 0 Å². The maximum absolute atomic E-state index is 12.8. The average Bonchev–Trinajstić information content (AvgIpc) is 2.69. The molecular formula is C14H11FN2. The highest BCUT2D eigenvalue weighted by molar-refractivity contribution is 5.67. The summed E-state index contributed by atoms with van der Waals surface area (Å²) in [4.78, 5) is 4.41. The number of fused-ring (bicyclic) bond motifs is 1. The lowest BCUT2D eigenvalue weighted by atomic mass is 10.1. The van der Waals surface area contributed by atoms with E-state index in [2.05, 4.69) is 4.98 Å². The van der Waals surface area contributed by atoms with Crippen LogP contribution in [0.3, 0.4) is 0 Å². The summed E-state index contributed by atoms with van der Waals surface area (Å²) in [6.07, 6.45) is 3.94. The van der Waals surface area contributed by atoms with Crippen LogP contribution in [0, 0.1) is 12.7 Å². The number of rotatable bonds is 1. The van der Waals surface area contributed by atoms with Gasteiger partial charge in [-0.05, 0) is 42.3 Å². The van der Waals surface area contributed by atoms with E-state index in [0.29, 0.717) is 0 Å². The second kappa shape index (κ2) is 3.70. The van der Waals surface area contributed by atoms with Crippen LogP contribution in [0.2, 0.25) is 0 Å². The zero-order chi connectivity index (χ0) is 11.8. The standard InChI is InChI=1S/C14H11FN2/c1-10-9-17-7-6-12(8-14(17)16-10)11-2-4-13(15)5-3-11/h2-9H,1H3. The summed E-state index contributed by atoms with van der Waals surface area (Å²) in [6, 6.07) is 10.5. The van der Waals surface area contributed by atoms with Crippen LogP contribution >= 0.6 is 0 Å². The van der Waals surface area contributed by atoms with E-state index in [1.165, 1.54) is 12.1 Å². The number of imidazole rings is 1. The molecule has 0 aliphatic rings. The van der Waals surface area contributed by atoms with E-state index in [0.717, 1.165) is 22.5 Å². The molecule has 0 atom stereocenters. The Labute approximate surface area is 98.4 Å². The van der Waals surface area contributed by atoms with Crippen LogP contribution in [0.25, 0.3) is 16.8 Å². The molecule has 0 N–H and O–H groups in total. The van der Waals surface area contributed by atoms with Gasteiger partial charge in [0.15, 0.2) is 0 Å². The van der Waals surface area contributed by atoms with Gasteiger partial charge < -0.3 is 4.40 Å². The minimum absolute atomic E-state index is 0.216. The summed E-state index contributed by atoms with van der Waals surface area (Å²) in [5, 5.41) is 0. The lowest BCUT2D eigenvalue weighted by Crippen LogP contribution is -1.84. The maximum Gasteiger partial charge on any atom is 0.137 e. The first-order chi connectivity index (χ1) is 8.22. The number of hydrogen-bond donors (Lipinski definition) is 0. The highest BCUT2D eigenvalue weighted by Crippen LogP contribution is 2.21. The van der Waals surface area contributed by atoms with E-state index in [4.69, 9.17) is 0 Å². The van der Waals surface area contributed by atoms with Gasteiger partial charge in [-0.2, -0.15) is 0 Å². The van der Waals surface area contributed by atoms with Gasteiger partial charge in [-0.1, -0.05) is 12.1 Å². The fourth-order valence-corrected chi connectivity index (χ4v) is 1.93. The second-order valence-corrected chi connectivity index (χ2v) is 4.07. The quantitative estimate of drug-likeness (QED) is 0.621. The molecule has 0 saturated heterocycles. The monoisotopic (exact) mass is 226 g/mol. The molecule has 84 valence electrons. The summed E-state index contributed by atoms with van der Waals surface area (Å²) in [6.45, 7) is 1.96. The van der Waals surface area contributed by atoms with Crippen molar-refractivity contribution in [2.24, 2.45) is 0 Å². The molecule has 2 heterocycles. The maximum atomic E-state index is 12.8. The Hall–Kier alpha value is -2.16. The molecule has 0 bridgehead atoms. The smallest absolute Gasteiger partial charge is 0.137 e. The Morgan fingerprint density at radius 3 is 2.59 bits per heavy atom. The highest BCUT2D eigenvalue weighted by atomic mass is 19.1. The number of aromatic nitrogens is 2. The van der Waals surface area contributed by atoms with Crippen LogP contribution in [0.4, 0.5) is 4.39 Å². The molecule has 0 amide bonds. The number of hydrogen-bond acceptors (Lipinski definition) is 1. The molecular weight excluding hydrogens is 215 g/mol. The van der Waals surface area contributed by atoms with Gasteiger partial charge in [0.2, 0.25) is 0 Å². The molecule has 1 aromatic carbocycles. The summed E-state index contributed by atoms with van der Waals surface area (Å²) >= 11 is 0. The third kappa shape index (κ3) is 1.80. The Morgan fingerprint density at radius 1 is 1.06 bits per heavy atom. The zero-order valence-electron chi connectivity index (χ0n) is 9.39. The molecule has 0 aliphatic carbocycles. The van der Waals surface area contributed by atoms with Crippen LogP contribution in [0.5, 0.6) is 0 Å². The van der Waals surface area contributed by atoms with Crippen molar-refractivity contribution in [1.82, 2.24) is 9.38 Å².